The zero-order chi connectivity index (χ0) is 14.6. The molecule has 1 aromatic carbocycles. The Hall–Kier alpha value is 0.840. The summed E-state index contributed by atoms with van der Waals surface area (Å²) in [6, 6.07) is 4.12. The summed E-state index contributed by atoms with van der Waals surface area (Å²) in [4.78, 5) is 14.5. The van der Waals surface area contributed by atoms with Crippen LogP contribution in [0.5, 0.6) is 0 Å². The number of hydrogen-bond donors (Lipinski definition) is 1. The monoisotopic (exact) mass is 599 g/mol. The first-order valence-electron chi connectivity index (χ1n) is 5.94. The van der Waals surface area contributed by atoms with Gasteiger partial charge < -0.3 is 10.0 Å². The number of halogens is 3. The van der Waals surface area contributed by atoms with Crippen molar-refractivity contribution in [3.05, 3.63) is 28.4 Å². The van der Waals surface area contributed by atoms with Crippen LogP contribution in [0.3, 0.4) is 0 Å². The van der Waals surface area contributed by atoms with Crippen LogP contribution in [0.15, 0.2) is 12.1 Å². The minimum Gasteiger partial charge on any atom is -0.396 e. The Morgan fingerprint density at radius 1 is 1.32 bits per heavy atom. The SMILES string of the molecule is CC(C)N(CCCO)C(=O)c1cc(I)cc(I)c1I. The summed E-state index contributed by atoms with van der Waals surface area (Å²) < 4.78 is 3.16. The molecule has 3 nitrogen and oxygen atoms in total. The number of rotatable bonds is 5. The van der Waals surface area contributed by atoms with Crippen LogP contribution in [-0.4, -0.2) is 35.1 Å². The molecular formula is C13H16I3NO2. The molecule has 6 heteroatoms. The third kappa shape index (κ3) is 4.95. The topological polar surface area (TPSA) is 40.5 Å². The molecule has 0 saturated carbocycles. The highest BCUT2D eigenvalue weighted by atomic mass is 127. The highest BCUT2D eigenvalue weighted by Gasteiger charge is 2.21. The molecule has 106 valence electrons. The van der Waals surface area contributed by atoms with Gasteiger partial charge >= 0.3 is 0 Å². The Bertz CT molecular complexity index is 463. The average molecular weight is 599 g/mol. The number of nitrogens with zero attached hydrogens (tertiary/aromatic N) is 1. The van der Waals surface area contributed by atoms with Crippen LogP contribution in [0.4, 0.5) is 0 Å². The van der Waals surface area contributed by atoms with E-state index in [2.05, 4.69) is 73.8 Å². The van der Waals surface area contributed by atoms with E-state index in [4.69, 9.17) is 5.11 Å². The number of carbonyl (C=O) groups is 1. The second kappa shape index (κ2) is 8.32. The van der Waals surface area contributed by atoms with Gasteiger partial charge in [-0.2, -0.15) is 0 Å². The number of aliphatic hydroxyl groups is 1. The van der Waals surface area contributed by atoms with Crippen LogP contribution in [0.2, 0.25) is 0 Å². The fourth-order valence-corrected chi connectivity index (χ4v) is 4.09. The van der Waals surface area contributed by atoms with E-state index in [1.54, 1.807) is 0 Å². The van der Waals surface area contributed by atoms with E-state index in [1.807, 2.05) is 24.8 Å². The Morgan fingerprint density at radius 2 is 1.95 bits per heavy atom. The molecule has 0 aliphatic heterocycles. The van der Waals surface area contributed by atoms with E-state index in [0.29, 0.717) is 13.0 Å². The molecule has 0 saturated heterocycles. The minimum absolute atomic E-state index is 0.0456. The Kier molecular flexibility index (Phi) is 7.84. The molecule has 0 atom stereocenters. The Balaban J connectivity index is 3.09. The second-order valence-electron chi connectivity index (χ2n) is 4.42. The predicted molar refractivity (Wildman–Crippen MR) is 102 cm³/mol. The van der Waals surface area contributed by atoms with Crippen LogP contribution in [-0.2, 0) is 0 Å². The summed E-state index contributed by atoms with van der Waals surface area (Å²) in [7, 11) is 0. The Labute approximate surface area is 154 Å². The second-order valence-corrected chi connectivity index (χ2v) is 7.91. The van der Waals surface area contributed by atoms with E-state index in [-0.39, 0.29) is 18.6 Å². The van der Waals surface area contributed by atoms with Crippen LogP contribution in [0.25, 0.3) is 0 Å². The first-order valence-corrected chi connectivity index (χ1v) is 9.18. The lowest BCUT2D eigenvalue weighted by Crippen LogP contribution is -2.38. The molecule has 1 aromatic rings. The summed E-state index contributed by atoms with van der Waals surface area (Å²) in [5, 5.41) is 8.95. The van der Waals surface area contributed by atoms with Gasteiger partial charge in [-0.3, -0.25) is 4.79 Å². The van der Waals surface area contributed by atoms with Crippen LogP contribution < -0.4 is 0 Å². The van der Waals surface area contributed by atoms with Gasteiger partial charge in [0.2, 0.25) is 0 Å². The van der Waals surface area contributed by atoms with Crippen LogP contribution in [0, 0.1) is 10.7 Å². The van der Waals surface area contributed by atoms with Gasteiger partial charge in [0.25, 0.3) is 5.91 Å². The lowest BCUT2D eigenvalue weighted by Gasteiger charge is -2.27. The molecule has 0 aromatic heterocycles. The number of aliphatic hydroxyl groups excluding tert-OH is 1. The van der Waals surface area contributed by atoms with Crippen molar-refractivity contribution in [1.29, 1.82) is 0 Å². The molecule has 0 unspecified atom stereocenters. The highest BCUT2D eigenvalue weighted by molar-refractivity contribution is 14.1. The summed E-state index contributed by atoms with van der Waals surface area (Å²) >= 11 is 6.71. The third-order valence-electron chi connectivity index (χ3n) is 2.66. The van der Waals surface area contributed by atoms with Gasteiger partial charge in [0, 0.05) is 29.9 Å². The molecule has 1 rings (SSSR count). The van der Waals surface area contributed by atoms with Gasteiger partial charge in [-0.15, -0.1) is 0 Å². The van der Waals surface area contributed by atoms with E-state index in [0.717, 1.165) is 16.3 Å². The van der Waals surface area contributed by atoms with Crippen molar-refractivity contribution in [2.75, 3.05) is 13.2 Å². The molecular weight excluding hydrogens is 583 g/mol. The third-order valence-corrected chi connectivity index (χ3v) is 6.33. The molecule has 1 amide bonds. The van der Waals surface area contributed by atoms with Gasteiger partial charge in [0.05, 0.1) is 5.56 Å². The molecule has 0 fully saturated rings. The number of carbonyl (C=O) groups excluding carboxylic acids is 1. The lowest BCUT2D eigenvalue weighted by molar-refractivity contribution is 0.0692. The fraction of sp³-hybridized carbons (Fsp3) is 0.462. The van der Waals surface area contributed by atoms with E-state index >= 15 is 0 Å². The van der Waals surface area contributed by atoms with Crippen molar-refractivity contribution >= 4 is 73.7 Å². The van der Waals surface area contributed by atoms with Crippen molar-refractivity contribution in [1.82, 2.24) is 4.90 Å². The maximum absolute atomic E-state index is 12.7. The standard InChI is InChI=1S/C13H16I3NO2/c1-8(2)17(4-3-5-18)13(19)10-6-9(14)7-11(15)12(10)16/h6-8,18H,3-5H2,1-2H3. The molecule has 0 heterocycles. The maximum atomic E-state index is 12.7. The first-order chi connectivity index (χ1) is 8.88. The first kappa shape index (κ1) is 17.9. The average Bonchev–Trinajstić information content (AvgIpc) is 2.33. The number of hydrogen-bond acceptors (Lipinski definition) is 2. The normalized spacial score (nSPS) is 10.9. The molecule has 0 spiro atoms. The predicted octanol–water partition coefficient (Wildman–Crippen LogP) is 3.73. The van der Waals surface area contributed by atoms with Crippen molar-refractivity contribution in [2.45, 2.75) is 26.3 Å². The van der Waals surface area contributed by atoms with Gasteiger partial charge in [-0.05, 0) is 100 Å². The molecule has 0 aliphatic rings. The van der Waals surface area contributed by atoms with Crippen molar-refractivity contribution in [2.24, 2.45) is 0 Å². The minimum atomic E-state index is 0.0456. The van der Waals surface area contributed by atoms with Crippen molar-refractivity contribution < 1.29 is 9.90 Å². The van der Waals surface area contributed by atoms with Crippen LogP contribution >= 0.6 is 67.8 Å². The zero-order valence-corrected chi connectivity index (χ0v) is 17.3. The van der Waals surface area contributed by atoms with E-state index in [9.17, 15) is 4.79 Å². The molecule has 1 N–H and O–H groups in total. The van der Waals surface area contributed by atoms with E-state index in [1.165, 1.54) is 0 Å². The fourth-order valence-electron chi connectivity index (χ4n) is 1.70. The Morgan fingerprint density at radius 3 is 2.47 bits per heavy atom. The summed E-state index contributed by atoms with van der Waals surface area (Å²) in [6.07, 6.45) is 0.613. The summed E-state index contributed by atoms with van der Waals surface area (Å²) in [5.41, 5.74) is 0.753. The van der Waals surface area contributed by atoms with Crippen molar-refractivity contribution in [3.8, 4) is 0 Å². The largest absolute Gasteiger partial charge is 0.396 e. The lowest BCUT2D eigenvalue weighted by atomic mass is 10.1. The van der Waals surface area contributed by atoms with Gasteiger partial charge in [-0.1, -0.05) is 0 Å². The molecule has 0 bridgehead atoms. The van der Waals surface area contributed by atoms with Gasteiger partial charge in [0.1, 0.15) is 0 Å². The molecule has 19 heavy (non-hydrogen) atoms. The maximum Gasteiger partial charge on any atom is 0.255 e. The highest BCUT2D eigenvalue weighted by Crippen LogP contribution is 2.24. The van der Waals surface area contributed by atoms with Crippen LogP contribution in [0.1, 0.15) is 30.6 Å². The number of benzene rings is 1. The van der Waals surface area contributed by atoms with Crippen molar-refractivity contribution in [3.63, 3.8) is 0 Å². The summed E-state index contributed by atoms with van der Waals surface area (Å²) in [5.74, 6) is 0.0456. The summed E-state index contributed by atoms with van der Waals surface area (Å²) in [6.45, 7) is 4.70. The molecule has 0 aliphatic carbocycles. The smallest absolute Gasteiger partial charge is 0.255 e. The van der Waals surface area contributed by atoms with Gasteiger partial charge in [0.15, 0.2) is 0 Å². The molecule has 0 radical (unpaired) electrons. The van der Waals surface area contributed by atoms with Gasteiger partial charge in [-0.25, -0.2) is 0 Å². The number of amides is 1. The quantitative estimate of drug-likeness (QED) is 0.415. The zero-order valence-electron chi connectivity index (χ0n) is 10.8. The van der Waals surface area contributed by atoms with E-state index < -0.39 is 0 Å².